The number of ether oxygens (including phenoxy) is 2. The molecule has 0 unspecified atom stereocenters. The summed E-state index contributed by atoms with van der Waals surface area (Å²) in [4.78, 5) is 22.8. The summed E-state index contributed by atoms with van der Waals surface area (Å²) in [5.74, 6) is -0.723. The number of esters is 1. The molecule has 0 aliphatic carbocycles. The molecular weight excluding hydrogens is 386 g/mol. The Kier molecular flexibility index (Phi) is 5.47. The van der Waals surface area contributed by atoms with E-state index >= 15 is 0 Å². The van der Waals surface area contributed by atoms with Gasteiger partial charge in [-0.15, -0.1) is 0 Å². The molecule has 1 amide bonds. The van der Waals surface area contributed by atoms with Gasteiger partial charge in [-0.1, -0.05) is 0 Å². The van der Waals surface area contributed by atoms with Gasteiger partial charge in [0, 0.05) is 17.0 Å². The van der Waals surface area contributed by atoms with E-state index in [-0.39, 0.29) is 17.3 Å². The van der Waals surface area contributed by atoms with E-state index in [9.17, 15) is 9.59 Å². The number of amides is 1. The third-order valence-electron chi connectivity index (χ3n) is 2.64. The number of nitrogen functional groups attached to an aromatic ring is 1. The summed E-state index contributed by atoms with van der Waals surface area (Å²) in [7, 11) is 1.43. The third-order valence-corrected chi connectivity index (χ3v) is 3.32. The molecule has 1 aromatic carbocycles. The molecule has 0 saturated heterocycles. The predicted molar refractivity (Wildman–Crippen MR) is 85.8 cm³/mol. The first-order valence-corrected chi connectivity index (χ1v) is 7.19. The number of carbonyl (C=O) groups excluding carboxylic acids is 2. The third kappa shape index (κ3) is 4.07. The maximum Gasteiger partial charge on any atom is 0.308 e. The molecule has 0 atom stereocenters. The van der Waals surface area contributed by atoms with Gasteiger partial charge in [-0.25, -0.2) is 10.1 Å². The van der Waals surface area contributed by atoms with E-state index < -0.39 is 11.9 Å². The lowest BCUT2D eigenvalue weighted by atomic mass is 10.2. The van der Waals surface area contributed by atoms with E-state index in [0.29, 0.717) is 15.8 Å². The van der Waals surface area contributed by atoms with Crippen LogP contribution in [0.5, 0.6) is 11.5 Å². The summed E-state index contributed by atoms with van der Waals surface area (Å²) in [6.45, 7) is 1.28. The van der Waals surface area contributed by atoms with E-state index in [0.717, 1.165) is 0 Å². The van der Waals surface area contributed by atoms with E-state index in [1.165, 1.54) is 20.2 Å². The number of methoxy groups -OCH3 is 1. The van der Waals surface area contributed by atoms with Crippen LogP contribution in [0.15, 0.2) is 26.3 Å². The molecule has 1 aromatic heterocycles. The van der Waals surface area contributed by atoms with E-state index in [1.54, 1.807) is 12.1 Å². The summed E-state index contributed by atoms with van der Waals surface area (Å²) in [6, 6.07) is 3.12. The van der Waals surface area contributed by atoms with Crippen molar-refractivity contribution < 1.29 is 23.7 Å². The standard InChI is InChI=1S/C13H12BrN5O5/c1-6(20)23-10-4-8(14)7(3-9(10)22-2)5-16-17-13(21)11-12(15)19-24-18-11/h3-5H,1-2H3,(H2,15,19)(H,17,21)/b16-5-. The lowest BCUT2D eigenvalue weighted by Crippen LogP contribution is -2.19. The Morgan fingerprint density at radius 3 is 2.71 bits per heavy atom. The number of hydrogen-bond acceptors (Lipinski definition) is 9. The van der Waals surface area contributed by atoms with Crippen LogP contribution in [0.25, 0.3) is 0 Å². The Hall–Kier alpha value is -2.95. The normalized spacial score (nSPS) is 10.6. The van der Waals surface area contributed by atoms with Crippen molar-refractivity contribution in [3.05, 3.63) is 27.9 Å². The molecule has 0 saturated carbocycles. The van der Waals surface area contributed by atoms with Crippen molar-refractivity contribution in [1.29, 1.82) is 0 Å². The number of hydrogen-bond donors (Lipinski definition) is 2. The van der Waals surface area contributed by atoms with Gasteiger partial charge in [-0.3, -0.25) is 9.59 Å². The first-order chi connectivity index (χ1) is 11.4. The van der Waals surface area contributed by atoms with Crippen LogP contribution in [-0.4, -0.2) is 35.5 Å². The van der Waals surface area contributed by atoms with Gasteiger partial charge in [0.1, 0.15) is 0 Å². The number of benzene rings is 1. The fraction of sp³-hybridized carbons (Fsp3) is 0.154. The second-order valence-electron chi connectivity index (χ2n) is 4.32. The van der Waals surface area contributed by atoms with Crippen LogP contribution in [0.1, 0.15) is 23.0 Å². The quantitative estimate of drug-likeness (QED) is 0.330. The maximum absolute atomic E-state index is 11.7. The minimum atomic E-state index is -0.676. The summed E-state index contributed by atoms with van der Waals surface area (Å²) < 4.78 is 15.1. The van der Waals surface area contributed by atoms with Gasteiger partial charge in [0.05, 0.1) is 13.3 Å². The Morgan fingerprint density at radius 1 is 1.38 bits per heavy atom. The van der Waals surface area contributed by atoms with Crippen LogP contribution in [-0.2, 0) is 4.79 Å². The highest BCUT2D eigenvalue weighted by Crippen LogP contribution is 2.33. The molecule has 0 bridgehead atoms. The van der Waals surface area contributed by atoms with Gasteiger partial charge in [0.15, 0.2) is 11.5 Å². The van der Waals surface area contributed by atoms with E-state index in [2.05, 4.69) is 41.4 Å². The molecule has 1 heterocycles. The van der Waals surface area contributed by atoms with Crippen molar-refractivity contribution in [2.75, 3.05) is 12.8 Å². The summed E-state index contributed by atoms with van der Waals surface area (Å²) in [6.07, 6.45) is 1.35. The summed E-state index contributed by atoms with van der Waals surface area (Å²) in [5.41, 5.74) is 8.02. The average molecular weight is 398 g/mol. The van der Waals surface area contributed by atoms with Crippen LogP contribution in [0.3, 0.4) is 0 Å². The van der Waals surface area contributed by atoms with Crippen molar-refractivity contribution in [3.63, 3.8) is 0 Å². The predicted octanol–water partition coefficient (Wildman–Crippen LogP) is 1.11. The number of carbonyl (C=O) groups is 2. The molecule has 10 nitrogen and oxygen atoms in total. The van der Waals surface area contributed by atoms with Crippen LogP contribution in [0, 0.1) is 0 Å². The SMILES string of the molecule is COc1cc(/C=N\NC(=O)c2nonc2N)c(Br)cc1OC(C)=O. The number of aromatic nitrogens is 2. The van der Waals surface area contributed by atoms with Gasteiger partial charge in [0.25, 0.3) is 5.91 Å². The highest BCUT2D eigenvalue weighted by atomic mass is 79.9. The van der Waals surface area contributed by atoms with Crippen LogP contribution in [0.2, 0.25) is 0 Å². The molecule has 0 spiro atoms. The monoisotopic (exact) mass is 397 g/mol. The largest absolute Gasteiger partial charge is 0.493 e. The zero-order chi connectivity index (χ0) is 17.7. The zero-order valence-electron chi connectivity index (χ0n) is 12.6. The Balaban J connectivity index is 2.15. The second kappa shape index (κ2) is 7.55. The van der Waals surface area contributed by atoms with Crippen molar-refractivity contribution >= 4 is 39.8 Å². The molecule has 0 aliphatic heterocycles. The number of anilines is 1. The first-order valence-electron chi connectivity index (χ1n) is 6.39. The molecule has 11 heteroatoms. The molecule has 2 aromatic rings. The van der Waals surface area contributed by atoms with Crippen LogP contribution in [0.4, 0.5) is 5.82 Å². The van der Waals surface area contributed by atoms with E-state index in [4.69, 9.17) is 15.2 Å². The van der Waals surface area contributed by atoms with E-state index in [1.807, 2.05) is 0 Å². The Bertz CT molecular complexity index is 804. The fourth-order valence-electron chi connectivity index (χ4n) is 1.61. The van der Waals surface area contributed by atoms with Gasteiger partial charge in [-0.05, 0) is 38.4 Å². The molecule has 0 aliphatic rings. The van der Waals surface area contributed by atoms with Crippen molar-refractivity contribution in [2.24, 2.45) is 5.10 Å². The topological polar surface area (TPSA) is 142 Å². The zero-order valence-corrected chi connectivity index (χ0v) is 14.2. The second-order valence-corrected chi connectivity index (χ2v) is 5.17. The van der Waals surface area contributed by atoms with Crippen LogP contribution < -0.4 is 20.6 Å². The minimum absolute atomic E-state index is 0.142. The highest BCUT2D eigenvalue weighted by Gasteiger charge is 2.15. The molecule has 0 radical (unpaired) electrons. The average Bonchev–Trinajstić information content (AvgIpc) is 2.95. The number of nitrogens with zero attached hydrogens (tertiary/aromatic N) is 3. The van der Waals surface area contributed by atoms with Crippen molar-refractivity contribution in [3.8, 4) is 11.5 Å². The number of nitrogens with two attached hydrogens (primary N) is 1. The highest BCUT2D eigenvalue weighted by molar-refractivity contribution is 9.10. The number of halogens is 1. The lowest BCUT2D eigenvalue weighted by Gasteiger charge is -2.10. The first kappa shape index (κ1) is 17.4. The molecular formula is C13H12BrN5O5. The molecule has 3 N–H and O–H groups in total. The van der Waals surface area contributed by atoms with Crippen molar-refractivity contribution in [1.82, 2.24) is 15.7 Å². The number of hydrazone groups is 1. The maximum atomic E-state index is 11.7. The lowest BCUT2D eigenvalue weighted by molar-refractivity contribution is -0.132. The van der Waals surface area contributed by atoms with Crippen LogP contribution >= 0.6 is 15.9 Å². The molecule has 24 heavy (non-hydrogen) atoms. The number of rotatable bonds is 5. The Morgan fingerprint density at radius 2 is 2.12 bits per heavy atom. The van der Waals surface area contributed by atoms with Gasteiger partial charge in [0.2, 0.25) is 11.5 Å². The smallest absolute Gasteiger partial charge is 0.308 e. The summed E-state index contributed by atoms with van der Waals surface area (Å²) >= 11 is 3.31. The van der Waals surface area contributed by atoms with Gasteiger partial charge in [-0.2, -0.15) is 5.10 Å². The van der Waals surface area contributed by atoms with Gasteiger partial charge < -0.3 is 15.2 Å². The van der Waals surface area contributed by atoms with Crippen molar-refractivity contribution in [2.45, 2.75) is 6.92 Å². The minimum Gasteiger partial charge on any atom is -0.493 e. The number of nitrogens with one attached hydrogen (secondary N) is 1. The molecule has 126 valence electrons. The Labute approximate surface area is 144 Å². The van der Waals surface area contributed by atoms with Gasteiger partial charge >= 0.3 is 5.97 Å². The summed E-state index contributed by atoms with van der Waals surface area (Å²) in [5, 5.41) is 10.4. The molecule has 0 fully saturated rings. The fourth-order valence-corrected chi connectivity index (χ4v) is 2.04. The molecule has 2 rings (SSSR count).